The Morgan fingerprint density at radius 1 is 1.25 bits per heavy atom. The normalized spacial score (nSPS) is 17.9. The number of aliphatic hydroxyl groups is 1. The Morgan fingerprint density at radius 2 is 1.88 bits per heavy atom. The summed E-state index contributed by atoms with van der Waals surface area (Å²) in [6.45, 7) is 6.04. The molecular formula is C18H23NO5. The van der Waals surface area contributed by atoms with Crippen LogP contribution in [0.2, 0.25) is 0 Å². The number of hydrogen-bond acceptors (Lipinski definition) is 5. The Bertz CT molecular complexity index is 648. The second-order valence-corrected chi connectivity index (χ2v) is 5.95. The third-order valence-electron chi connectivity index (χ3n) is 3.92. The van der Waals surface area contributed by atoms with Crippen LogP contribution in [0, 0.1) is 0 Å². The van der Waals surface area contributed by atoms with Crippen molar-refractivity contribution >= 4 is 11.7 Å². The fraction of sp³-hybridized carbons (Fsp3) is 0.444. The molecule has 1 aliphatic heterocycles. The van der Waals surface area contributed by atoms with Crippen LogP contribution in [0.15, 0.2) is 35.6 Å². The summed E-state index contributed by atoms with van der Waals surface area (Å²) in [4.78, 5) is 26.1. The molecule has 1 atom stereocenters. The van der Waals surface area contributed by atoms with Crippen molar-refractivity contribution in [1.82, 2.24) is 4.90 Å². The van der Waals surface area contributed by atoms with E-state index in [0.717, 1.165) is 0 Å². The summed E-state index contributed by atoms with van der Waals surface area (Å²) in [6.07, 6.45) is 0.213. The van der Waals surface area contributed by atoms with Crippen LogP contribution in [-0.4, -0.2) is 46.1 Å². The smallest absolute Gasteiger partial charge is 0.290 e. The second-order valence-electron chi connectivity index (χ2n) is 5.95. The first-order chi connectivity index (χ1) is 11.4. The lowest BCUT2D eigenvalue weighted by atomic mass is 9.95. The van der Waals surface area contributed by atoms with Gasteiger partial charge >= 0.3 is 0 Å². The Morgan fingerprint density at radius 3 is 2.42 bits per heavy atom. The molecular weight excluding hydrogens is 310 g/mol. The summed E-state index contributed by atoms with van der Waals surface area (Å²) in [6, 6.07) is 5.61. The van der Waals surface area contributed by atoms with E-state index in [-0.39, 0.29) is 36.2 Å². The van der Waals surface area contributed by atoms with E-state index in [2.05, 4.69) is 0 Å². The second kappa shape index (κ2) is 7.49. The molecule has 0 aliphatic carbocycles. The molecule has 130 valence electrons. The molecule has 6 nitrogen and oxygen atoms in total. The molecule has 1 heterocycles. The number of carbonyl (C=O) groups is 2. The quantitative estimate of drug-likeness (QED) is 0.800. The van der Waals surface area contributed by atoms with Crippen molar-refractivity contribution in [3.8, 4) is 5.75 Å². The Kier molecular flexibility index (Phi) is 5.62. The SMILES string of the molecule is CCC(=O)C1=C(O)C(=O)N(CCOC(C)C)C1c1ccc(O)cc1. The molecule has 24 heavy (non-hydrogen) atoms. The first kappa shape index (κ1) is 18.0. The zero-order valence-corrected chi connectivity index (χ0v) is 14.2. The molecule has 0 radical (unpaired) electrons. The van der Waals surface area contributed by atoms with Crippen molar-refractivity contribution in [2.24, 2.45) is 0 Å². The molecule has 1 unspecified atom stereocenters. The van der Waals surface area contributed by atoms with Gasteiger partial charge in [-0.15, -0.1) is 0 Å². The first-order valence-corrected chi connectivity index (χ1v) is 8.04. The molecule has 1 aromatic rings. The van der Waals surface area contributed by atoms with Crippen molar-refractivity contribution < 1.29 is 24.5 Å². The summed E-state index contributed by atoms with van der Waals surface area (Å²) in [5.41, 5.74) is 0.768. The molecule has 1 aromatic carbocycles. The van der Waals surface area contributed by atoms with Crippen molar-refractivity contribution in [2.75, 3.05) is 13.2 Å². The summed E-state index contributed by atoms with van der Waals surface area (Å²) < 4.78 is 5.49. The molecule has 1 amide bonds. The minimum absolute atomic E-state index is 0.0214. The molecule has 0 spiro atoms. The minimum atomic E-state index is -0.665. The predicted octanol–water partition coefficient (Wildman–Crippen LogP) is 2.49. The average molecular weight is 333 g/mol. The van der Waals surface area contributed by atoms with Gasteiger partial charge in [0.25, 0.3) is 5.91 Å². The Labute approximate surface area is 141 Å². The van der Waals surface area contributed by atoms with E-state index in [0.29, 0.717) is 12.2 Å². The van der Waals surface area contributed by atoms with Gasteiger partial charge in [-0.05, 0) is 31.5 Å². The highest BCUT2D eigenvalue weighted by Gasteiger charge is 2.42. The fourth-order valence-electron chi connectivity index (χ4n) is 2.75. The lowest BCUT2D eigenvalue weighted by Crippen LogP contribution is -2.34. The number of ether oxygens (including phenoxy) is 1. The number of nitrogens with zero attached hydrogens (tertiary/aromatic N) is 1. The molecule has 0 bridgehead atoms. The fourth-order valence-corrected chi connectivity index (χ4v) is 2.75. The van der Waals surface area contributed by atoms with Gasteiger partial charge in [0.1, 0.15) is 5.75 Å². The van der Waals surface area contributed by atoms with Crippen LogP contribution in [0.1, 0.15) is 38.8 Å². The van der Waals surface area contributed by atoms with Gasteiger partial charge in [-0.1, -0.05) is 19.1 Å². The number of rotatable bonds is 7. The maximum absolute atomic E-state index is 12.4. The number of ketones is 1. The average Bonchev–Trinajstić information content (AvgIpc) is 2.79. The maximum Gasteiger partial charge on any atom is 0.290 e. The number of benzene rings is 1. The van der Waals surface area contributed by atoms with Crippen LogP contribution in [0.25, 0.3) is 0 Å². The van der Waals surface area contributed by atoms with Crippen LogP contribution >= 0.6 is 0 Å². The number of hydrogen-bond donors (Lipinski definition) is 2. The summed E-state index contributed by atoms with van der Waals surface area (Å²) >= 11 is 0. The number of phenols is 1. The van der Waals surface area contributed by atoms with Crippen molar-refractivity contribution in [2.45, 2.75) is 39.3 Å². The van der Waals surface area contributed by atoms with E-state index in [1.54, 1.807) is 19.1 Å². The van der Waals surface area contributed by atoms with Gasteiger partial charge in [-0.2, -0.15) is 0 Å². The van der Waals surface area contributed by atoms with Crippen LogP contribution in [0.5, 0.6) is 5.75 Å². The molecule has 2 rings (SSSR count). The molecule has 0 saturated carbocycles. The highest BCUT2D eigenvalue weighted by Crippen LogP contribution is 2.38. The standard InChI is InChI=1S/C18H23NO5/c1-4-14(21)15-16(12-5-7-13(20)8-6-12)19(18(23)17(15)22)9-10-24-11(2)3/h5-8,11,16,20,22H,4,9-10H2,1-3H3. The number of Topliss-reactive ketones (excluding diaryl/α,β-unsaturated/α-hetero) is 1. The molecule has 0 aromatic heterocycles. The number of phenolic OH excluding ortho intramolecular Hbond substituents is 1. The van der Waals surface area contributed by atoms with Gasteiger partial charge < -0.3 is 19.8 Å². The summed E-state index contributed by atoms with van der Waals surface area (Å²) in [7, 11) is 0. The minimum Gasteiger partial charge on any atom is -0.508 e. The highest BCUT2D eigenvalue weighted by molar-refractivity contribution is 6.08. The van der Waals surface area contributed by atoms with Gasteiger partial charge in [0.15, 0.2) is 11.5 Å². The predicted molar refractivity (Wildman–Crippen MR) is 88.6 cm³/mol. The largest absolute Gasteiger partial charge is 0.508 e. The van der Waals surface area contributed by atoms with E-state index in [9.17, 15) is 19.8 Å². The first-order valence-electron chi connectivity index (χ1n) is 8.04. The molecule has 0 fully saturated rings. The summed E-state index contributed by atoms with van der Waals surface area (Å²) in [5, 5.41) is 19.7. The zero-order valence-electron chi connectivity index (χ0n) is 14.2. The molecule has 0 saturated heterocycles. The van der Waals surface area contributed by atoms with Crippen molar-refractivity contribution in [3.05, 3.63) is 41.2 Å². The topological polar surface area (TPSA) is 87.1 Å². The van der Waals surface area contributed by atoms with E-state index in [1.165, 1.54) is 17.0 Å². The number of aromatic hydroxyl groups is 1. The van der Waals surface area contributed by atoms with Gasteiger partial charge in [0.2, 0.25) is 0 Å². The third-order valence-corrected chi connectivity index (χ3v) is 3.92. The van der Waals surface area contributed by atoms with Gasteiger partial charge in [-0.25, -0.2) is 0 Å². The van der Waals surface area contributed by atoms with Crippen molar-refractivity contribution in [1.29, 1.82) is 0 Å². The lowest BCUT2D eigenvalue weighted by Gasteiger charge is -2.27. The van der Waals surface area contributed by atoms with Crippen LogP contribution < -0.4 is 0 Å². The monoisotopic (exact) mass is 333 g/mol. The summed E-state index contributed by atoms with van der Waals surface area (Å²) in [5.74, 6) is -1.25. The Hall–Kier alpha value is -2.34. The molecule has 2 N–H and O–H groups in total. The van der Waals surface area contributed by atoms with E-state index >= 15 is 0 Å². The van der Waals surface area contributed by atoms with Crippen LogP contribution in [0.3, 0.4) is 0 Å². The maximum atomic E-state index is 12.4. The lowest BCUT2D eigenvalue weighted by molar-refractivity contribution is -0.130. The van der Waals surface area contributed by atoms with Crippen molar-refractivity contribution in [3.63, 3.8) is 0 Å². The third kappa shape index (κ3) is 3.59. The van der Waals surface area contributed by atoms with Crippen LogP contribution in [0.4, 0.5) is 0 Å². The zero-order chi connectivity index (χ0) is 17.9. The number of amides is 1. The number of aliphatic hydroxyl groups excluding tert-OH is 1. The van der Waals surface area contributed by atoms with E-state index < -0.39 is 17.7 Å². The van der Waals surface area contributed by atoms with Gasteiger partial charge in [-0.3, -0.25) is 9.59 Å². The van der Waals surface area contributed by atoms with Gasteiger partial charge in [0, 0.05) is 13.0 Å². The van der Waals surface area contributed by atoms with E-state index in [1.807, 2.05) is 13.8 Å². The Balaban J connectivity index is 2.37. The molecule has 1 aliphatic rings. The molecule has 6 heteroatoms. The van der Waals surface area contributed by atoms with Gasteiger partial charge in [0.05, 0.1) is 24.3 Å². The van der Waals surface area contributed by atoms with E-state index in [4.69, 9.17) is 4.74 Å². The highest BCUT2D eigenvalue weighted by atomic mass is 16.5. The number of carbonyl (C=O) groups excluding carboxylic acids is 2. The van der Waals surface area contributed by atoms with Crippen LogP contribution in [-0.2, 0) is 14.3 Å².